The van der Waals surface area contributed by atoms with Crippen LogP contribution in [0.3, 0.4) is 0 Å². The van der Waals surface area contributed by atoms with E-state index in [1.807, 2.05) is 0 Å². The number of ether oxygens (including phenoxy) is 1. The Morgan fingerprint density at radius 2 is 2.00 bits per heavy atom. The van der Waals surface area contributed by atoms with Gasteiger partial charge in [0.2, 0.25) is 11.9 Å². The van der Waals surface area contributed by atoms with Crippen LogP contribution in [-0.2, 0) is 16.0 Å². The van der Waals surface area contributed by atoms with E-state index in [9.17, 15) is 9.59 Å². The lowest BCUT2D eigenvalue weighted by Gasteiger charge is -2.25. The first-order valence-corrected chi connectivity index (χ1v) is 8.88. The number of halogens is 2. The highest BCUT2D eigenvalue weighted by molar-refractivity contribution is 6.36. The molecule has 1 unspecified atom stereocenters. The number of nitrogens with two attached hydrogens (primary N) is 1. The molecule has 0 radical (unpaired) electrons. The van der Waals surface area contributed by atoms with Gasteiger partial charge in [-0.05, 0) is 42.9 Å². The van der Waals surface area contributed by atoms with Crippen molar-refractivity contribution < 1.29 is 14.3 Å². The van der Waals surface area contributed by atoms with Crippen molar-refractivity contribution in [3.05, 3.63) is 33.8 Å². The smallest absolute Gasteiger partial charge is 0.437 e. The van der Waals surface area contributed by atoms with Gasteiger partial charge in [-0.25, -0.2) is 4.79 Å². The molecule has 3 N–H and O–H groups in total. The highest BCUT2D eigenvalue weighted by atomic mass is 35.5. The standard InChI is InChI=1S/C17H21Cl2N3O3/c1-10-4-2-5-11(8-10)25-17(24)22-16(20)21-15(23)9-12-13(18)6-3-7-14(12)19/h3,6-7,10-11H,2,4-5,8-9H2,1H3,(H3,20,21,22,23,24)/t10-,11?/m1/s1. The summed E-state index contributed by atoms with van der Waals surface area (Å²) in [5, 5.41) is 3.09. The van der Waals surface area contributed by atoms with Crippen molar-refractivity contribution in [3.8, 4) is 0 Å². The second-order valence-corrected chi connectivity index (χ2v) is 7.01. The largest absolute Gasteiger partial charge is 0.445 e. The van der Waals surface area contributed by atoms with Crippen LogP contribution in [0.2, 0.25) is 10.0 Å². The second-order valence-electron chi connectivity index (χ2n) is 6.20. The molecule has 8 heteroatoms. The Labute approximate surface area is 156 Å². The Kier molecular flexibility index (Phi) is 7.08. The van der Waals surface area contributed by atoms with Gasteiger partial charge in [-0.3, -0.25) is 10.1 Å². The molecule has 0 aliphatic heterocycles. The van der Waals surface area contributed by atoms with Crippen molar-refractivity contribution in [3.63, 3.8) is 0 Å². The number of amides is 2. The minimum absolute atomic E-state index is 0.0795. The van der Waals surface area contributed by atoms with Crippen LogP contribution in [0.5, 0.6) is 0 Å². The Morgan fingerprint density at radius 3 is 2.64 bits per heavy atom. The molecule has 0 spiro atoms. The maximum absolute atomic E-state index is 12.0. The van der Waals surface area contributed by atoms with E-state index in [0.717, 1.165) is 25.7 Å². The van der Waals surface area contributed by atoms with Crippen molar-refractivity contribution in [1.29, 1.82) is 0 Å². The lowest BCUT2D eigenvalue weighted by molar-refractivity contribution is -0.119. The number of nitrogens with one attached hydrogen (secondary N) is 1. The first-order valence-electron chi connectivity index (χ1n) is 8.12. The molecule has 0 heterocycles. The average Bonchev–Trinajstić information content (AvgIpc) is 2.50. The molecule has 1 aliphatic carbocycles. The summed E-state index contributed by atoms with van der Waals surface area (Å²) in [7, 11) is 0. The normalized spacial score (nSPS) is 20.8. The average molecular weight is 386 g/mol. The molecule has 1 aromatic carbocycles. The molecule has 2 atom stereocenters. The number of carbonyl (C=O) groups excluding carboxylic acids is 2. The van der Waals surface area contributed by atoms with Crippen molar-refractivity contribution >= 4 is 41.2 Å². The summed E-state index contributed by atoms with van der Waals surface area (Å²) in [6.45, 7) is 2.12. The van der Waals surface area contributed by atoms with Crippen molar-refractivity contribution in [2.24, 2.45) is 16.6 Å². The fraction of sp³-hybridized carbons (Fsp3) is 0.471. The SMILES string of the molecule is C[C@@H]1CCCC(OC(=O)/N=C(\N)NC(=O)Cc2c(Cl)cccc2Cl)C1. The third-order valence-electron chi connectivity index (χ3n) is 4.03. The lowest BCUT2D eigenvalue weighted by Crippen LogP contribution is -2.38. The molecule has 25 heavy (non-hydrogen) atoms. The number of guanidine groups is 1. The van der Waals surface area contributed by atoms with Crippen LogP contribution < -0.4 is 11.1 Å². The number of benzene rings is 1. The fourth-order valence-corrected chi connectivity index (χ4v) is 3.36. The third kappa shape index (κ3) is 6.21. The predicted molar refractivity (Wildman–Crippen MR) is 97.8 cm³/mol. The van der Waals surface area contributed by atoms with Gasteiger partial charge >= 0.3 is 6.09 Å². The Hall–Kier alpha value is -1.79. The van der Waals surface area contributed by atoms with E-state index in [1.165, 1.54) is 0 Å². The van der Waals surface area contributed by atoms with E-state index in [4.69, 9.17) is 33.7 Å². The van der Waals surface area contributed by atoms with Crippen LogP contribution in [0.15, 0.2) is 23.2 Å². The monoisotopic (exact) mass is 385 g/mol. The van der Waals surface area contributed by atoms with Gasteiger partial charge in [-0.15, -0.1) is 4.99 Å². The highest BCUT2D eigenvalue weighted by Crippen LogP contribution is 2.26. The quantitative estimate of drug-likeness (QED) is 0.612. The van der Waals surface area contributed by atoms with Crippen LogP contribution in [0.4, 0.5) is 4.79 Å². The fourth-order valence-electron chi connectivity index (χ4n) is 2.83. The van der Waals surface area contributed by atoms with E-state index in [2.05, 4.69) is 17.2 Å². The molecule has 1 aliphatic rings. The van der Waals surface area contributed by atoms with Gasteiger partial charge < -0.3 is 10.5 Å². The van der Waals surface area contributed by atoms with E-state index < -0.39 is 12.0 Å². The Bertz CT molecular complexity index is 659. The van der Waals surface area contributed by atoms with Gasteiger partial charge in [0.15, 0.2) is 0 Å². The number of nitrogens with zero attached hydrogens (tertiary/aromatic N) is 1. The number of rotatable bonds is 3. The van der Waals surface area contributed by atoms with E-state index in [-0.39, 0.29) is 18.5 Å². The molecule has 136 valence electrons. The first kappa shape index (κ1) is 19.5. The molecule has 2 rings (SSSR count). The molecule has 1 fully saturated rings. The van der Waals surface area contributed by atoms with Crippen LogP contribution in [0.1, 0.15) is 38.2 Å². The summed E-state index contributed by atoms with van der Waals surface area (Å²) in [5.74, 6) is -0.273. The third-order valence-corrected chi connectivity index (χ3v) is 4.74. The minimum atomic E-state index is -0.798. The molecule has 6 nitrogen and oxygen atoms in total. The second kappa shape index (κ2) is 9.06. The van der Waals surface area contributed by atoms with Gasteiger partial charge in [-0.1, -0.05) is 42.6 Å². The van der Waals surface area contributed by atoms with Crippen molar-refractivity contribution in [1.82, 2.24) is 5.32 Å². The lowest BCUT2D eigenvalue weighted by atomic mass is 9.89. The zero-order chi connectivity index (χ0) is 18.4. The van der Waals surface area contributed by atoms with Crippen LogP contribution in [0.25, 0.3) is 0 Å². The van der Waals surface area contributed by atoms with Gasteiger partial charge in [0.1, 0.15) is 6.10 Å². The molecular weight excluding hydrogens is 365 g/mol. The molecule has 0 aromatic heterocycles. The van der Waals surface area contributed by atoms with Gasteiger partial charge in [0.25, 0.3) is 0 Å². The molecule has 0 saturated heterocycles. The topological polar surface area (TPSA) is 93.8 Å². The Balaban J connectivity index is 1.87. The zero-order valence-electron chi connectivity index (χ0n) is 13.9. The number of carbonyl (C=O) groups is 2. The van der Waals surface area contributed by atoms with Gasteiger partial charge in [-0.2, -0.15) is 0 Å². The van der Waals surface area contributed by atoms with Crippen LogP contribution in [-0.4, -0.2) is 24.1 Å². The molecule has 1 aromatic rings. The maximum atomic E-state index is 12.0. The molecule has 1 saturated carbocycles. The summed E-state index contributed by atoms with van der Waals surface area (Å²) in [5.41, 5.74) is 6.07. The van der Waals surface area contributed by atoms with E-state index in [0.29, 0.717) is 21.5 Å². The van der Waals surface area contributed by atoms with Crippen LogP contribution >= 0.6 is 23.2 Å². The maximum Gasteiger partial charge on any atom is 0.437 e. The van der Waals surface area contributed by atoms with Gasteiger partial charge in [0, 0.05) is 10.0 Å². The molecule has 0 bridgehead atoms. The summed E-state index contributed by atoms with van der Waals surface area (Å²) in [6, 6.07) is 4.95. The van der Waals surface area contributed by atoms with E-state index in [1.54, 1.807) is 18.2 Å². The number of aliphatic imine (C=N–C) groups is 1. The summed E-state index contributed by atoms with van der Waals surface area (Å²) >= 11 is 12.0. The van der Waals surface area contributed by atoms with E-state index >= 15 is 0 Å². The highest BCUT2D eigenvalue weighted by Gasteiger charge is 2.22. The zero-order valence-corrected chi connectivity index (χ0v) is 15.4. The first-order chi connectivity index (χ1) is 11.8. The van der Waals surface area contributed by atoms with Crippen LogP contribution in [0, 0.1) is 5.92 Å². The Morgan fingerprint density at radius 1 is 1.32 bits per heavy atom. The minimum Gasteiger partial charge on any atom is -0.445 e. The van der Waals surface area contributed by atoms with Crippen molar-refractivity contribution in [2.45, 2.75) is 45.1 Å². The van der Waals surface area contributed by atoms with Gasteiger partial charge in [0.05, 0.1) is 6.42 Å². The summed E-state index contributed by atoms with van der Waals surface area (Å²) in [6.07, 6.45) is 2.78. The molecular formula is C17H21Cl2N3O3. The predicted octanol–water partition coefficient (Wildman–Crippen LogP) is 3.68. The number of hydrogen-bond acceptors (Lipinski definition) is 3. The summed E-state index contributed by atoms with van der Waals surface area (Å²) in [4.78, 5) is 27.4. The molecule has 2 amide bonds. The van der Waals surface area contributed by atoms with Crippen molar-refractivity contribution in [2.75, 3.05) is 0 Å². The summed E-state index contributed by atoms with van der Waals surface area (Å²) < 4.78 is 5.27. The number of hydrogen-bond donors (Lipinski definition) is 2.